The summed E-state index contributed by atoms with van der Waals surface area (Å²) in [5, 5.41) is 2.18. The molecule has 2 heterocycles. The first-order valence-corrected chi connectivity index (χ1v) is 7.09. The normalized spacial score (nSPS) is 12.2. The highest BCUT2D eigenvalue weighted by molar-refractivity contribution is 7.20. The lowest BCUT2D eigenvalue weighted by Gasteiger charge is -2.19. The van der Waals surface area contributed by atoms with E-state index >= 15 is 0 Å². The lowest BCUT2D eigenvalue weighted by atomic mass is 9.86. The minimum atomic E-state index is 0.131. The van der Waals surface area contributed by atoms with Crippen molar-refractivity contribution in [3.8, 4) is 0 Å². The Morgan fingerprint density at radius 3 is 2.58 bits per heavy atom. The number of benzene rings is 1. The predicted molar refractivity (Wildman–Crippen MR) is 81.2 cm³/mol. The van der Waals surface area contributed by atoms with Gasteiger partial charge in [-0.2, -0.15) is 0 Å². The molecule has 0 saturated heterocycles. The molecule has 3 aromatic rings. The summed E-state index contributed by atoms with van der Waals surface area (Å²) in [6, 6.07) is 10.4. The van der Waals surface area contributed by atoms with Gasteiger partial charge in [-0.25, -0.2) is 4.98 Å². The topological polar surface area (TPSA) is 30.0 Å². The number of hydrogen-bond acceptors (Lipinski definition) is 3. The van der Waals surface area contributed by atoms with Crippen molar-refractivity contribution < 1.29 is 4.79 Å². The highest BCUT2D eigenvalue weighted by Crippen LogP contribution is 2.30. The quantitative estimate of drug-likeness (QED) is 0.606. The molecule has 0 atom stereocenters. The van der Waals surface area contributed by atoms with E-state index in [-0.39, 0.29) is 5.41 Å². The fourth-order valence-electron chi connectivity index (χ4n) is 2.18. The molecule has 0 N–H and O–H groups in total. The molecular formula is C16H15NOS. The smallest absolute Gasteiger partial charge is 0.160 e. The van der Waals surface area contributed by atoms with Crippen molar-refractivity contribution in [2.75, 3.05) is 0 Å². The number of carbonyl (C=O) groups is 1. The molecule has 3 heteroatoms. The van der Waals surface area contributed by atoms with E-state index in [0.29, 0.717) is 0 Å². The largest absolute Gasteiger partial charge is 0.297 e. The Morgan fingerprint density at radius 2 is 1.89 bits per heavy atom. The molecule has 0 amide bonds. The molecule has 0 bridgehead atoms. The van der Waals surface area contributed by atoms with E-state index in [1.54, 1.807) is 0 Å². The molecule has 0 unspecified atom stereocenters. The summed E-state index contributed by atoms with van der Waals surface area (Å²) < 4.78 is 0. The molecule has 2 aromatic heterocycles. The van der Waals surface area contributed by atoms with E-state index in [4.69, 9.17) is 0 Å². The van der Waals surface area contributed by atoms with Crippen LogP contribution in [-0.4, -0.2) is 11.3 Å². The number of aldehydes is 1. The maximum absolute atomic E-state index is 10.8. The first-order chi connectivity index (χ1) is 8.97. The van der Waals surface area contributed by atoms with Crippen LogP contribution in [0.4, 0.5) is 0 Å². The second-order valence-corrected chi connectivity index (χ2v) is 6.87. The Kier molecular flexibility index (Phi) is 2.68. The highest BCUT2D eigenvalue weighted by atomic mass is 32.1. The van der Waals surface area contributed by atoms with Crippen LogP contribution in [0.3, 0.4) is 0 Å². The van der Waals surface area contributed by atoms with Crippen molar-refractivity contribution >= 4 is 38.7 Å². The van der Waals surface area contributed by atoms with Crippen LogP contribution in [0.25, 0.3) is 21.1 Å². The van der Waals surface area contributed by atoms with Gasteiger partial charge in [-0.3, -0.25) is 4.79 Å². The van der Waals surface area contributed by atoms with Gasteiger partial charge in [0.2, 0.25) is 0 Å². The Balaban J connectivity index is 2.28. The van der Waals surface area contributed by atoms with Gasteiger partial charge in [-0.15, -0.1) is 11.3 Å². The summed E-state index contributed by atoms with van der Waals surface area (Å²) in [4.78, 5) is 17.1. The molecule has 19 heavy (non-hydrogen) atoms. The molecular weight excluding hydrogens is 254 g/mol. The average molecular weight is 269 g/mol. The second kappa shape index (κ2) is 4.14. The maximum Gasteiger partial charge on any atom is 0.160 e. The van der Waals surface area contributed by atoms with Crippen LogP contribution < -0.4 is 0 Å². The second-order valence-electron chi connectivity index (χ2n) is 5.81. The summed E-state index contributed by atoms with van der Waals surface area (Å²) in [7, 11) is 0. The van der Waals surface area contributed by atoms with Crippen LogP contribution in [0.2, 0.25) is 0 Å². The highest BCUT2D eigenvalue weighted by Gasteiger charge is 2.14. The van der Waals surface area contributed by atoms with Crippen molar-refractivity contribution in [1.82, 2.24) is 4.98 Å². The van der Waals surface area contributed by atoms with E-state index in [1.165, 1.54) is 16.9 Å². The molecule has 1 aromatic carbocycles. The van der Waals surface area contributed by atoms with Gasteiger partial charge in [0.25, 0.3) is 0 Å². The third-order valence-corrected chi connectivity index (χ3v) is 4.27. The Morgan fingerprint density at radius 1 is 1.11 bits per heavy atom. The van der Waals surface area contributed by atoms with Gasteiger partial charge in [0, 0.05) is 10.8 Å². The number of thiophene rings is 1. The molecule has 0 radical (unpaired) electrons. The van der Waals surface area contributed by atoms with Crippen molar-refractivity contribution in [3.63, 3.8) is 0 Å². The molecule has 0 spiro atoms. The third kappa shape index (κ3) is 2.15. The monoisotopic (exact) mass is 269 g/mol. The zero-order chi connectivity index (χ0) is 13.6. The first-order valence-electron chi connectivity index (χ1n) is 6.27. The molecule has 0 aliphatic heterocycles. The van der Waals surface area contributed by atoms with Gasteiger partial charge in [0.05, 0.1) is 10.4 Å². The molecule has 2 nitrogen and oxygen atoms in total. The summed E-state index contributed by atoms with van der Waals surface area (Å²) in [5.74, 6) is 0. The average Bonchev–Trinajstić information content (AvgIpc) is 2.75. The fourth-order valence-corrected chi connectivity index (χ4v) is 3.02. The number of hydrogen-bond donors (Lipinski definition) is 0. The molecule has 0 fully saturated rings. The first kappa shape index (κ1) is 12.3. The standard InChI is InChI=1S/C16H15NOS/c1-16(2,3)12-4-5-14-10(7-12)6-11-8-13(9-18)19-15(11)17-14/h4-9H,1-3H3. The SMILES string of the molecule is CC(C)(C)c1ccc2nc3sc(C=O)cc3cc2c1. The van der Waals surface area contributed by atoms with Crippen molar-refractivity contribution in [2.45, 2.75) is 26.2 Å². The van der Waals surface area contributed by atoms with E-state index in [0.717, 1.165) is 32.3 Å². The lowest BCUT2D eigenvalue weighted by Crippen LogP contribution is -2.10. The van der Waals surface area contributed by atoms with E-state index < -0.39 is 0 Å². The zero-order valence-corrected chi connectivity index (χ0v) is 12.0. The van der Waals surface area contributed by atoms with Crippen LogP contribution in [0.15, 0.2) is 30.3 Å². The number of nitrogens with zero attached hydrogens (tertiary/aromatic N) is 1. The number of pyridine rings is 1. The maximum atomic E-state index is 10.8. The zero-order valence-electron chi connectivity index (χ0n) is 11.2. The summed E-state index contributed by atoms with van der Waals surface area (Å²) >= 11 is 1.44. The van der Waals surface area contributed by atoms with Crippen LogP contribution in [0, 0.1) is 0 Å². The Bertz CT molecular complexity index is 780. The van der Waals surface area contributed by atoms with Crippen LogP contribution in [0.1, 0.15) is 36.0 Å². The number of aromatic nitrogens is 1. The molecule has 96 valence electrons. The van der Waals surface area contributed by atoms with E-state index in [2.05, 4.69) is 50.0 Å². The summed E-state index contributed by atoms with van der Waals surface area (Å²) in [5.41, 5.74) is 2.41. The number of rotatable bonds is 1. The van der Waals surface area contributed by atoms with Crippen LogP contribution in [-0.2, 0) is 5.41 Å². The van der Waals surface area contributed by atoms with Gasteiger partial charge in [0.15, 0.2) is 6.29 Å². The van der Waals surface area contributed by atoms with Gasteiger partial charge >= 0.3 is 0 Å². The van der Waals surface area contributed by atoms with Gasteiger partial charge in [-0.1, -0.05) is 26.8 Å². The lowest BCUT2D eigenvalue weighted by molar-refractivity contribution is 0.112. The summed E-state index contributed by atoms with van der Waals surface area (Å²) in [6.07, 6.45) is 0.887. The van der Waals surface area contributed by atoms with Crippen molar-refractivity contribution in [3.05, 3.63) is 40.8 Å². The Labute approximate surface area is 116 Å². The van der Waals surface area contributed by atoms with E-state index in [9.17, 15) is 4.79 Å². The molecule has 0 saturated carbocycles. The Hall–Kier alpha value is -1.74. The van der Waals surface area contributed by atoms with Crippen LogP contribution in [0.5, 0.6) is 0 Å². The molecule has 0 aliphatic rings. The third-order valence-electron chi connectivity index (χ3n) is 3.30. The fraction of sp³-hybridized carbons (Fsp3) is 0.250. The molecule has 3 rings (SSSR count). The number of carbonyl (C=O) groups excluding carboxylic acids is 1. The van der Waals surface area contributed by atoms with Crippen molar-refractivity contribution in [1.29, 1.82) is 0 Å². The van der Waals surface area contributed by atoms with Crippen LogP contribution >= 0.6 is 11.3 Å². The van der Waals surface area contributed by atoms with Crippen molar-refractivity contribution in [2.24, 2.45) is 0 Å². The van der Waals surface area contributed by atoms with Gasteiger partial charge in [-0.05, 0) is 35.2 Å². The van der Waals surface area contributed by atoms with E-state index in [1.807, 2.05) is 6.07 Å². The predicted octanol–water partition coefficient (Wildman–Crippen LogP) is 4.56. The minimum absolute atomic E-state index is 0.131. The molecule has 0 aliphatic carbocycles. The summed E-state index contributed by atoms with van der Waals surface area (Å²) in [6.45, 7) is 6.61. The number of fused-ring (bicyclic) bond motifs is 2. The van der Waals surface area contributed by atoms with Gasteiger partial charge < -0.3 is 0 Å². The minimum Gasteiger partial charge on any atom is -0.297 e. The van der Waals surface area contributed by atoms with Gasteiger partial charge in [0.1, 0.15) is 4.83 Å².